The van der Waals surface area contributed by atoms with Crippen molar-refractivity contribution in [1.82, 2.24) is 9.97 Å². The molecule has 0 amide bonds. The van der Waals surface area contributed by atoms with Crippen LogP contribution in [0.4, 0.5) is 0 Å². The van der Waals surface area contributed by atoms with Crippen molar-refractivity contribution in [2.24, 2.45) is 5.73 Å². The Morgan fingerprint density at radius 2 is 1.88 bits per heavy atom. The molecule has 0 fully saturated rings. The molecule has 3 nitrogen and oxygen atoms in total. The summed E-state index contributed by atoms with van der Waals surface area (Å²) in [6, 6.07) is 8.34. The average molecular weight is 227 g/mol. The molecule has 2 aromatic rings. The van der Waals surface area contributed by atoms with Crippen LogP contribution in [0.25, 0.3) is 11.4 Å². The van der Waals surface area contributed by atoms with Crippen molar-refractivity contribution in [2.45, 2.75) is 26.8 Å². The van der Waals surface area contributed by atoms with Crippen molar-refractivity contribution in [2.75, 3.05) is 0 Å². The summed E-state index contributed by atoms with van der Waals surface area (Å²) in [5.41, 5.74) is 9.97. The van der Waals surface area contributed by atoms with Crippen molar-refractivity contribution < 1.29 is 0 Å². The van der Waals surface area contributed by atoms with Crippen molar-refractivity contribution >= 4 is 0 Å². The number of nitrogens with two attached hydrogens (primary N) is 1. The van der Waals surface area contributed by atoms with Gasteiger partial charge in [0.1, 0.15) is 0 Å². The Kier molecular flexibility index (Phi) is 3.49. The van der Waals surface area contributed by atoms with Crippen LogP contribution in [0.5, 0.6) is 0 Å². The Morgan fingerprint density at radius 3 is 2.47 bits per heavy atom. The molecule has 1 aromatic carbocycles. The van der Waals surface area contributed by atoms with Gasteiger partial charge < -0.3 is 5.73 Å². The van der Waals surface area contributed by atoms with E-state index < -0.39 is 0 Å². The highest BCUT2D eigenvalue weighted by atomic mass is 14.9. The minimum Gasteiger partial charge on any atom is -0.325 e. The first-order valence-corrected chi connectivity index (χ1v) is 5.86. The number of hydrogen-bond donors (Lipinski definition) is 1. The lowest BCUT2D eigenvalue weighted by atomic mass is 10.1. The van der Waals surface area contributed by atoms with Crippen LogP contribution in [-0.4, -0.2) is 9.97 Å². The van der Waals surface area contributed by atoms with Gasteiger partial charge in [0.25, 0.3) is 0 Å². The van der Waals surface area contributed by atoms with Crippen LogP contribution in [0.15, 0.2) is 30.5 Å². The number of nitrogens with zero attached hydrogens (tertiary/aromatic N) is 2. The lowest BCUT2D eigenvalue weighted by Crippen LogP contribution is -2.04. The molecule has 0 unspecified atom stereocenters. The van der Waals surface area contributed by atoms with Gasteiger partial charge in [0.2, 0.25) is 0 Å². The fourth-order valence-electron chi connectivity index (χ4n) is 1.71. The lowest BCUT2D eigenvalue weighted by Gasteiger charge is -2.05. The molecular weight excluding hydrogens is 210 g/mol. The maximum atomic E-state index is 5.65. The molecule has 0 spiro atoms. The molecule has 0 bridgehead atoms. The summed E-state index contributed by atoms with van der Waals surface area (Å²) in [4.78, 5) is 8.83. The quantitative estimate of drug-likeness (QED) is 0.876. The van der Waals surface area contributed by atoms with Crippen molar-refractivity contribution in [3.8, 4) is 11.4 Å². The van der Waals surface area contributed by atoms with Crippen LogP contribution in [0.2, 0.25) is 0 Å². The Morgan fingerprint density at radius 1 is 1.18 bits per heavy atom. The highest BCUT2D eigenvalue weighted by Crippen LogP contribution is 2.17. The molecule has 0 aliphatic carbocycles. The van der Waals surface area contributed by atoms with E-state index in [4.69, 9.17) is 5.73 Å². The topological polar surface area (TPSA) is 51.8 Å². The standard InChI is InChI=1S/C14H17N3/c1-3-11-4-6-12(7-5-11)14-16-9-10(2)13(8-15)17-14/h4-7,9H,3,8,15H2,1-2H3. The summed E-state index contributed by atoms with van der Waals surface area (Å²) < 4.78 is 0. The zero-order valence-corrected chi connectivity index (χ0v) is 10.3. The van der Waals surface area contributed by atoms with E-state index in [0.717, 1.165) is 29.1 Å². The third-order valence-electron chi connectivity index (χ3n) is 2.89. The third kappa shape index (κ3) is 2.50. The molecule has 0 aliphatic rings. The van der Waals surface area contributed by atoms with E-state index in [1.165, 1.54) is 5.56 Å². The largest absolute Gasteiger partial charge is 0.325 e. The first-order chi connectivity index (χ1) is 8.24. The molecule has 0 atom stereocenters. The highest BCUT2D eigenvalue weighted by molar-refractivity contribution is 5.55. The van der Waals surface area contributed by atoms with Crippen LogP contribution in [0.1, 0.15) is 23.7 Å². The SMILES string of the molecule is CCc1ccc(-c2ncc(C)c(CN)n2)cc1. The predicted octanol–water partition coefficient (Wildman–Crippen LogP) is 2.47. The van der Waals surface area contributed by atoms with Crippen LogP contribution >= 0.6 is 0 Å². The van der Waals surface area contributed by atoms with E-state index in [2.05, 4.69) is 41.2 Å². The summed E-state index contributed by atoms with van der Waals surface area (Å²) in [5.74, 6) is 0.749. The molecule has 2 rings (SSSR count). The first kappa shape index (κ1) is 11.7. The van der Waals surface area contributed by atoms with Gasteiger partial charge in [0, 0.05) is 18.3 Å². The van der Waals surface area contributed by atoms with Crippen LogP contribution in [-0.2, 0) is 13.0 Å². The van der Waals surface area contributed by atoms with E-state index in [1.807, 2.05) is 13.1 Å². The lowest BCUT2D eigenvalue weighted by molar-refractivity contribution is 0.945. The summed E-state index contributed by atoms with van der Waals surface area (Å²) >= 11 is 0. The van der Waals surface area contributed by atoms with Crippen molar-refractivity contribution in [3.05, 3.63) is 47.3 Å². The summed E-state index contributed by atoms with van der Waals surface area (Å²) in [6.45, 7) is 4.57. The Labute approximate surface area is 102 Å². The number of hydrogen-bond acceptors (Lipinski definition) is 3. The van der Waals surface area contributed by atoms with Crippen molar-refractivity contribution in [3.63, 3.8) is 0 Å². The predicted molar refractivity (Wildman–Crippen MR) is 69.5 cm³/mol. The van der Waals surface area contributed by atoms with Gasteiger partial charge in [0.05, 0.1) is 5.69 Å². The van der Waals surface area contributed by atoms with E-state index in [-0.39, 0.29) is 0 Å². The van der Waals surface area contributed by atoms with Gasteiger partial charge in [-0.1, -0.05) is 31.2 Å². The van der Waals surface area contributed by atoms with Gasteiger partial charge in [-0.2, -0.15) is 0 Å². The van der Waals surface area contributed by atoms with Crippen LogP contribution < -0.4 is 5.73 Å². The fourth-order valence-corrected chi connectivity index (χ4v) is 1.71. The maximum absolute atomic E-state index is 5.65. The van der Waals surface area contributed by atoms with Crippen molar-refractivity contribution in [1.29, 1.82) is 0 Å². The Hall–Kier alpha value is -1.74. The molecule has 0 radical (unpaired) electrons. The first-order valence-electron chi connectivity index (χ1n) is 5.86. The van der Waals surface area contributed by atoms with Gasteiger partial charge in [-0.3, -0.25) is 0 Å². The summed E-state index contributed by atoms with van der Waals surface area (Å²) in [6.07, 6.45) is 2.88. The van der Waals surface area contributed by atoms with Gasteiger partial charge in [-0.15, -0.1) is 0 Å². The number of aryl methyl sites for hydroxylation is 2. The molecule has 1 aromatic heterocycles. The van der Waals surface area contributed by atoms with Gasteiger partial charge in [0.15, 0.2) is 5.82 Å². The Bertz CT molecular complexity index is 503. The van der Waals surface area contributed by atoms with E-state index in [9.17, 15) is 0 Å². The number of aromatic nitrogens is 2. The number of rotatable bonds is 3. The van der Waals surface area contributed by atoms with E-state index in [0.29, 0.717) is 6.54 Å². The second-order valence-corrected chi connectivity index (χ2v) is 4.08. The minimum atomic E-state index is 0.453. The van der Waals surface area contributed by atoms with Gasteiger partial charge >= 0.3 is 0 Å². The van der Waals surface area contributed by atoms with E-state index in [1.54, 1.807) is 0 Å². The smallest absolute Gasteiger partial charge is 0.159 e. The average Bonchev–Trinajstić information content (AvgIpc) is 2.39. The minimum absolute atomic E-state index is 0.453. The monoisotopic (exact) mass is 227 g/mol. The number of benzene rings is 1. The molecule has 2 N–H and O–H groups in total. The molecule has 3 heteroatoms. The Balaban J connectivity index is 2.38. The molecule has 1 heterocycles. The van der Waals surface area contributed by atoms with Gasteiger partial charge in [-0.05, 0) is 24.5 Å². The zero-order chi connectivity index (χ0) is 12.3. The third-order valence-corrected chi connectivity index (χ3v) is 2.89. The maximum Gasteiger partial charge on any atom is 0.159 e. The molecule has 0 saturated heterocycles. The molecular formula is C14H17N3. The van der Waals surface area contributed by atoms with Crippen LogP contribution in [0, 0.1) is 6.92 Å². The molecule has 0 saturated carbocycles. The molecule has 17 heavy (non-hydrogen) atoms. The fraction of sp³-hybridized carbons (Fsp3) is 0.286. The van der Waals surface area contributed by atoms with Gasteiger partial charge in [-0.25, -0.2) is 9.97 Å². The second-order valence-electron chi connectivity index (χ2n) is 4.08. The molecule has 88 valence electrons. The summed E-state index contributed by atoms with van der Waals surface area (Å²) in [5, 5.41) is 0. The van der Waals surface area contributed by atoms with E-state index >= 15 is 0 Å². The normalized spacial score (nSPS) is 10.5. The second kappa shape index (κ2) is 5.06. The summed E-state index contributed by atoms with van der Waals surface area (Å²) in [7, 11) is 0. The highest BCUT2D eigenvalue weighted by Gasteiger charge is 2.04. The van der Waals surface area contributed by atoms with Crippen LogP contribution in [0.3, 0.4) is 0 Å². The molecule has 0 aliphatic heterocycles. The zero-order valence-electron chi connectivity index (χ0n) is 10.3.